The summed E-state index contributed by atoms with van der Waals surface area (Å²) in [5.41, 5.74) is 18.6. The fourth-order valence-corrected chi connectivity index (χ4v) is 7.77. The number of nitrogens with zero attached hydrogens (tertiary/aromatic N) is 2. The topological polar surface area (TPSA) is 25.2 Å². The molecule has 0 fully saturated rings. The lowest BCUT2D eigenvalue weighted by atomic mass is 9.64. The van der Waals surface area contributed by atoms with Gasteiger partial charge in [0.25, 0.3) is 0 Å². The van der Waals surface area contributed by atoms with Crippen LogP contribution in [0, 0.1) is 11.3 Å². The minimum absolute atomic E-state index is 0.0938. The summed E-state index contributed by atoms with van der Waals surface area (Å²) in [7, 11) is 0. The maximum atomic E-state index is 4.29. The normalized spacial score (nSPS) is 17.6. The molecular formula is C49H42N2. The molecule has 8 rings (SSSR count). The number of rotatable bonds is 7. The first-order valence-electron chi connectivity index (χ1n) is 17.9. The van der Waals surface area contributed by atoms with Gasteiger partial charge in [-0.05, 0) is 116 Å². The molecular weight excluding hydrogens is 617 g/mol. The van der Waals surface area contributed by atoms with E-state index < -0.39 is 0 Å². The molecule has 2 atom stereocenters. The van der Waals surface area contributed by atoms with Crippen molar-refractivity contribution in [2.45, 2.75) is 33.6 Å². The zero-order valence-electron chi connectivity index (χ0n) is 29.8. The van der Waals surface area contributed by atoms with Gasteiger partial charge in [-0.1, -0.05) is 142 Å². The van der Waals surface area contributed by atoms with Crippen LogP contribution in [0.3, 0.4) is 0 Å². The quantitative estimate of drug-likeness (QED) is 0.126. The maximum absolute atomic E-state index is 4.29. The third-order valence-corrected chi connectivity index (χ3v) is 10.5. The fraction of sp³-hybridized carbons (Fsp3) is 0.143. The van der Waals surface area contributed by atoms with Gasteiger partial charge in [-0.2, -0.15) is 0 Å². The molecule has 248 valence electrons. The van der Waals surface area contributed by atoms with Crippen LogP contribution in [0.25, 0.3) is 62.4 Å². The molecule has 0 amide bonds. The van der Waals surface area contributed by atoms with Crippen LogP contribution in [0.4, 0.5) is 0 Å². The predicted molar refractivity (Wildman–Crippen MR) is 218 cm³/mol. The van der Waals surface area contributed by atoms with Gasteiger partial charge in [-0.15, -0.1) is 0 Å². The molecule has 2 heteroatoms. The van der Waals surface area contributed by atoms with Crippen molar-refractivity contribution >= 4 is 24.6 Å². The Morgan fingerprint density at radius 2 is 1.25 bits per heavy atom. The summed E-state index contributed by atoms with van der Waals surface area (Å²) in [4.78, 5) is 8.45. The van der Waals surface area contributed by atoms with Gasteiger partial charge in [0.15, 0.2) is 0 Å². The molecule has 0 spiro atoms. The molecule has 4 aromatic carbocycles. The van der Waals surface area contributed by atoms with E-state index in [-0.39, 0.29) is 5.41 Å². The zero-order chi connectivity index (χ0) is 35.1. The van der Waals surface area contributed by atoms with E-state index in [9.17, 15) is 0 Å². The molecule has 1 heterocycles. The number of pyridine rings is 1. The number of allylic oxidation sites excluding steroid dienone is 9. The highest BCUT2D eigenvalue weighted by Gasteiger charge is 2.37. The lowest BCUT2D eigenvalue weighted by Gasteiger charge is -2.39. The predicted octanol–water partition coefficient (Wildman–Crippen LogP) is 13.0. The van der Waals surface area contributed by atoms with E-state index in [2.05, 4.69) is 153 Å². The van der Waals surface area contributed by atoms with Crippen molar-refractivity contribution in [1.82, 2.24) is 4.98 Å². The van der Waals surface area contributed by atoms with Crippen LogP contribution >= 0.6 is 0 Å². The van der Waals surface area contributed by atoms with E-state index in [1.54, 1.807) is 0 Å². The summed E-state index contributed by atoms with van der Waals surface area (Å²) in [6, 6.07) is 33.2. The molecule has 3 aliphatic carbocycles. The van der Waals surface area contributed by atoms with Gasteiger partial charge < -0.3 is 0 Å². The molecule has 2 nitrogen and oxygen atoms in total. The van der Waals surface area contributed by atoms with Gasteiger partial charge in [0.1, 0.15) is 0 Å². The van der Waals surface area contributed by atoms with Crippen LogP contribution in [0.15, 0.2) is 162 Å². The van der Waals surface area contributed by atoms with Gasteiger partial charge in [0, 0.05) is 29.8 Å². The van der Waals surface area contributed by atoms with Crippen LogP contribution in [0.5, 0.6) is 0 Å². The summed E-state index contributed by atoms with van der Waals surface area (Å²) in [6.07, 6.45) is 24.2. The molecule has 1 aromatic heterocycles. The summed E-state index contributed by atoms with van der Waals surface area (Å²) in [5.74, 6) is 0.629. The van der Waals surface area contributed by atoms with E-state index in [4.69, 9.17) is 0 Å². The Kier molecular flexibility index (Phi) is 8.32. The Balaban J connectivity index is 1.23. The van der Waals surface area contributed by atoms with Crippen LogP contribution in [-0.2, 0) is 0 Å². The molecule has 5 aromatic rings. The molecule has 3 aliphatic rings. The lowest BCUT2D eigenvalue weighted by molar-refractivity contribution is 0.499. The number of hydrogen-bond acceptors (Lipinski definition) is 2. The molecule has 0 aliphatic heterocycles. The van der Waals surface area contributed by atoms with Crippen molar-refractivity contribution < 1.29 is 0 Å². The van der Waals surface area contributed by atoms with Crippen LogP contribution in [-0.4, -0.2) is 11.7 Å². The van der Waals surface area contributed by atoms with E-state index in [0.29, 0.717) is 11.8 Å². The van der Waals surface area contributed by atoms with Crippen LogP contribution in [0.1, 0.15) is 55.9 Å². The second kappa shape index (κ2) is 13.1. The second-order valence-electron chi connectivity index (χ2n) is 14.7. The minimum atomic E-state index is 0.0938. The van der Waals surface area contributed by atoms with E-state index in [1.807, 2.05) is 49.7 Å². The molecule has 2 unspecified atom stereocenters. The smallest absolute Gasteiger partial charge is 0.0694 e. The first-order chi connectivity index (χ1) is 24.8. The van der Waals surface area contributed by atoms with Crippen molar-refractivity contribution in [3.05, 3.63) is 179 Å². The molecule has 0 saturated heterocycles. The standard InChI is InChI=1S/C49H42N2/c1-6-7-8-46(50-5)38-19-17-37(18-20-38)45-31-44(36-15-13-33(14-16-36)32-9-11-34(12-10-32)35-25-27-51-28-26-35)42-23-21-39-29-41(49(2,3)4)30-40-22-24-43(45)48(42)47(39)40/h6-31,39,47H,5H2,1-4H3/b7-6-,46-8-. The van der Waals surface area contributed by atoms with Crippen molar-refractivity contribution in [3.63, 3.8) is 0 Å². The summed E-state index contributed by atoms with van der Waals surface area (Å²) in [6.45, 7) is 12.8. The van der Waals surface area contributed by atoms with Gasteiger partial charge >= 0.3 is 0 Å². The van der Waals surface area contributed by atoms with Gasteiger partial charge in [0.2, 0.25) is 0 Å². The largest absolute Gasteiger partial charge is 0.265 e. The number of benzene rings is 4. The van der Waals surface area contributed by atoms with Crippen LogP contribution < -0.4 is 0 Å². The van der Waals surface area contributed by atoms with E-state index in [1.165, 1.54) is 72.3 Å². The number of hydrogen-bond donors (Lipinski definition) is 0. The fourth-order valence-electron chi connectivity index (χ4n) is 7.77. The van der Waals surface area contributed by atoms with E-state index >= 15 is 0 Å². The van der Waals surface area contributed by atoms with Crippen molar-refractivity contribution in [3.8, 4) is 44.5 Å². The number of aliphatic imine (C=N–C) groups is 1. The van der Waals surface area contributed by atoms with Crippen molar-refractivity contribution in [2.24, 2.45) is 16.3 Å². The Morgan fingerprint density at radius 1 is 0.706 bits per heavy atom. The Bertz CT molecular complexity index is 2320. The molecule has 51 heavy (non-hydrogen) atoms. The average molecular weight is 659 g/mol. The SMILES string of the molecule is C=N/C(=C\C=C/C)c1ccc(-c2cc(-c3ccc(-c4ccc(-c5ccncc5)cc4)cc3)c3c4c2C=CC2=CC(C(C)(C)C)=CC(C=C3)C24)cc1. The first-order valence-corrected chi connectivity index (χ1v) is 17.9. The zero-order valence-corrected chi connectivity index (χ0v) is 29.8. The summed E-state index contributed by atoms with van der Waals surface area (Å²) in [5, 5.41) is 0. The van der Waals surface area contributed by atoms with Crippen molar-refractivity contribution in [1.29, 1.82) is 0 Å². The molecule has 0 radical (unpaired) electrons. The highest BCUT2D eigenvalue weighted by Crippen LogP contribution is 2.53. The molecule has 0 N–H and O–H groups in total. The highest BCUT2D eigenvalue weighted by atomic mass is 14.7. The highest BCUT2D eigenvalue weighted by molar-refractivity contribution is 5.93. The third kappa shape index (κ3) is 6.02. The minimum Gasteiger partial charge on any atom is -0.265 e. The van der Waals surface area contributed by atoms with Gasteiger partial charge in [0.05, 0.1) is 5.70 Å². The summed E-state index contributed by atoms with van der Waals surface area (Å²) < 4.78 is 0. The van der Waals surface area contributed by atoms with E-state index in [0.717, 1.165) is 11.3 Å². The van der Waals surface area contributed by atoms with Gasteiger partial charge in [-0.3, -0.25) is 9.98 Å². The second-order valence-corrected chi connectivity index (χ2v) is 14.7. The summed E-state index contributed by atoms with van der Waals surface area (Å²) >= 11 is 0. The maximum Gasteiger partial charge on any atom is 0.0694 e. The van der Waals surface area contributed by atoms with Crippen LogP contribution in [0.2, 0.25) is 0 Å². The van der Waals surface area contributed by atoms with Gasteiger partial charge in [-0.25, -0.2) is 0 Å². The Labute approximate surface area is 302 Å². The lowest BCUT2D eigenvalue weighted by Crippen LogP contribution is -2.25. The first kappa shape index (κ1) is 32.4. The number of aromatic nitrogens is 1. The third-order valence-electron chi connectivity index (χ3n) is 10.5. The Hall–Kier alpha value is -5.86. The molecule has 0 bridgehead atoms. The monoisotopic (exact) mass is 658 g/mol. The Morgan fingerprint density at radius 3 is 1.82 bits per heavy atom. The van der Waals surface area contributed by atoms with Crippen molar-refractivity contribution in [2.75, 3.05) is 0 Å². The average Bonchev–Trinajstić information content (AvgIpc) is 3.17. The molecule has 0 saturated carbocycles.